The fraction of sp³-hybridized carbons (Fsp3) is 0.240. The summed E-state index contributed by atoms with van der Waals surface area (Å²) in [5, 5.41) is 9.95. The molecule has 1 aliphatic heterocycles. The van der Waals surface area contributed by atoms with Crippen LogP contribution in [0.2, 0.25) is 5.02 Å². The number of pyridine rings is 1. The van der Waals surface area contributed by atoms with Gasteiger partial charge in [-0.1, -0.05) is 29.8 Å². The second-order valence-corrected chi connectivity index (χ2v) is 7.92. The van der Waals surface area contributed by atoms with Gasteiger partial charge in [-0.3, -0.25) is 4.79 Å². The van der Waals surface area contributed by atoms with Gasteiger partial charge >= 0.3 is 0 Å². The minimum atomic E-state index is -0.0767. The second kappa shape index (κ2) is 10.2. The molecule has 0 spiro atoms. The average molecular weight is 463 g/mol. The molecule has 1 aliphatic rings. The third-order valence-corrected chi connectivity index (χ3v) is 5.89. The highest BCUT2D eigenvalue weighted by Crippen LogP contribution is 2.30. The topological polar surface area (TPSA) is 78.7 Å². The molecule has 0 N–H and O–H groups in total. The molecule has 8 heteroatoms. The molecule has 1 amide bonds. The number of amides is 1. The first-order chi connectivity index (χ1) is 16.1. The van der Waals surface area contributed by atoms with Crippen molar-refractivity contribution >= 4 is 23.3 Å². The molecule has 0 bridgehead atoms. The van der Waals surface area contributed by atoms with Gasteiger partial charge in [0.25, 0.3) is 5.91 Å². The van der Waals surface area contributed by atoms with Gasteiger partial charge in [-0.2, -0.15) is 5.26 Å². The van der Waals surface area contributed by atoms with E-state index in [1.165, 1.54) is 0 Å². The Morgan fingerprint density at radius 2 is 1.88 bits per heavy atom. The summed E-state index contributed by atoms with van der Waals surface area (Å²) in [6.45, 7) is 2.57. The number of hydrogen-bond acceptors (Lipinski definition) is 6. The van der Waals surface area contributed by atoms with E-state index in [0.717, 1.165) is 5.56 Å². The zero-order chi connectivity index (χ0) is 23.2. The number of hydrogen-bond donors (Lipinski definition) is 0. The van der Waals surface area contributed by atoms with E-state index in [9.17, 15) is 10.1 Å². The molecule has 0 atom stereocenters. The largest absolute Gasteiger partial charge is 0.493 e. The zero-order valence-electron chi connectivity index (χ0n) is 18.2. The molecular formula is C25H23ClN4O3. The number of carbonyl (C=O) groups is 1. The Labute approximate surface area is 197 Å². The molecule has 168 valence electrons. The number of methoxy groups -OCH3 is 1. The standard InChI is InChI=1S/C25H23ClN4O3/c1-32-23-15-18(8-9-22(23)33-17-20-5-2-3-7-21(20)26)25(31)30-13-11-29(12-14-30)24-19(16-27)6-4-10-28-24/h2-10,15H,11-14,17H2,1H3. The summed E-state index contributed by atoms with van der Waals surface area (Å²) in [6, 6.07) is 18.3. The Bertz CT molecular complexity index is 1190. The summed E-state index contributed by atoms with van der Waals surface area (Å²) in [5.74, 6) is 1.61. The van der Waals surface area contributed by atoms with Crippen molar-refractivity contribution in [3.63, 3.8) is 0 Å². The lowest BCUT2D eigenvalue weighted by molar-refractivity contribution is 0.0746. The van der Waals surface area contributed by atoms with E-state index >= 15 is 0 Å². The van der Waals surface area contributed by atoms with Crippen molar-refractivity contribution in [1.29, 1.82) is 5.26 Å². The number of anilines is 1. The molecule has 0 saturated carbocycles. The van der Waals surface area contributed by atoms with Crippen LogP contribution in [0.5, 0.6) is 11.5 Å². The monoisotopic (exact) mass is 462 g/mol. The highest BCUT2D eigenvalue weighted by molar-refractivity contribution is 6.31. The highest BCUT2D eigenvalue weighted by Gasteiger charge is 2.25. The van der Waals surface area contributed by atoms with Gasteiger partial charge in [0, 0.05) is 48.5 Å². The third-order valence-electron chi connectivity index (χ3n) is 5.53. The lowest BCUT2D eigenvalue weighted by Gasteiger charge is -2.35. The van der Waals surface area contributed by atoms with Crippen molar-refractivity contribution < 1.29 is 14.3 Å². The van der Waals surface area contributed by atoms with Crippen molar-refractivity contribution in [1.82, 2.24) is 9.88 Å². The maximum Gasteiger partial charge on any atom is 0.254 e. The van der Waals surface area contributed by atoms with Crippen LogP contribution in [-0.2, 0) is 6.61 Å². The van der Waals surface area contributed by atoms with Gasteiger partial charge in [0.2, 0.25) is 0 Å². The Kier molecular flexibility index (Phi) is 6.96. The van der Waals surface area contributed by atoms with Crippen LogP contribution in [-0.4, -0.2) is 49.1 Å². The summed E-state index contributed by atoms with van der Waals surface area (Å²) >= 11 is 6.20. The van der Waals surface area contributed by atoms with Gasteiger partial charge in [-0.05, 0) is 36.4 Å². The van der Waals surface area contributed by atoms with Crippen LogP contribution in [0.15, 0.2) is 60.8 Å². The number of ether oxygens (including phenoxy) is 2. The van der Waals surface area contributed by atoms with E-state index in [-0.39, 0.29) is 5.91 Å². The molecule has 2 heterocycles. The number of carbonyl (C=O) groups excluding carboxylic acids is 1. The van der Waals surface area contributed by atoms with Gasteiger partial charge in [-0.15, -0.1) is 0 Å². The lowest BCUT2D eigenvalue weighted by Crippen LogP contribution is -2.49. The van der Waals surface area contributed by atoms with E-state index in [4.69, 9.17) is 21.1 Å². The van der Waals surface area contributed by atoms with Crippen LogP contribution in [0.25, 0.3) is 0 Å². The Morgan fingerprint density at radius 1 is 1.09 bits per heavy atom. The molecular weight excluding hydrogens is 440 g/mol. The smallest absolute Gasteiger partial charge is 0.254 e. The quantitative estimate of drug-likeness (QED) is 0.547. The maximum absolute atomic E-state index is 13.1. The van der Waals surface area contributed by atoms with E-state index in [0.29, 0.717) is 66.3 Å². The summed E-state index contributed by atoms with van der Waals surface area (Å²) in [5.41, 5.74) is 1.93. The van der Waals surface area contributed by atoms with Gasteiger partial charge in [0.1, 0.15) is 18.5 Å². The normalized spacial score (nSPS) is 13.4. The first-order valence-electron chi connectivity index (χ1n) is 10.5. The molecule has 2 aromatic carbocycles. The van der Waals surface area contributed by atoms with Crippen LogP contribution >= 0.6 is 11.6 Å². The van der Waals surface area contributed by atoms with Gasteiger partial charge in [0.05, 0.1) is 12.7 Å². The van der Waals surface area contributed by atoms with Crippen molar-refractivity contribution in [2.75, 3.05) is 38.2 Å². The molecule has 1 aromatic heterocycles. The minimum absolute atomic E-state index is 0.0767. The molecule has 1 fully saturated rings. The number of aromatic nitrogens is 1. The second-order valence-electron chi connectivity index (χ2n) is 7.51. The number of nitrogens with zero attached hydrogens (tertiary/aromatic N) is 4. The van der Waals surface area contributed by atoms with Crippen molar-refractivity contribution in [3.8, 4) is 17.6 Å². The number of benzene rings is 2. The van der Waals surface area contributed by atoms with Crippen molar-refractivity contribution in [3.05, 3.63) is 82.5 Å². The lowest BCUT2D eigenvalue weighted by atomic mass is 10.1. The average Bonchev–Trinajstić information content (AvgIpc) is 2.87. The van der Waals surface area contributed by atoms with Crippen molar-refractivity contribution in [2.45, 2.75) is 6.61 Å². The number of piperazine rings is 1. The Balaban J connectivity index is 1.41. The predicted octanol–water partition coefficient (Wildman–Crippen LogP) is 4.16. The van der Waals surface area contributed by atoms with Gasteiger partial charge in [-0.25, -0.2) is 4.98 Å². The van der Waals surface area contributed by atoms with Crippen molar-refractivity contribution in [2.24, 2.45) is 0 Å². The Morgan fingerprint density at radius 3 is 2.61 bits per heavy atom. The molecule has 1 saturated heterocycles. The summed E-state index contributed by atoms with van der Waals surface area (Å²) in [7, 11) is 1.55. The van der Waals surface area contributed by atoms with Crippen LogP contribution in [0.1, 0.15) is 21.5 Å². The van der Waals surface area contributed by atoms with Crippen LogP contribution in [0.4, 0.5) is 5.82 Å². The third kappa shape index (κ3) is 5.02. The van der Waals surface area contributed by atoms with Crippen LogP contribution < -0.4 is 14.4 Å². The molecule has 0 unspecified atom stereocenters. The number of rotatable bonds is 6. The van der Waals surface area contributed by atoms with E-state index in [2.05, 4.69) is 11.1 Å². The van der Waals surface area contributed by atoms with Crippen LogP contribution in [0.3, 0.4) is 0 Å². The molecule has 33 heavy (non-hydrogen) atoms. The highest BCUT2D eigenvalue weighted by atomic mass is 35.5. The van der Waals surface area contributed by atoms with Gasteiger partial charge < -0.3 is 19.3 Å². The molecule has 0 aliphatic carbocycles. The molecule has 7 nitrogen and oxygen atoms in total. The number of halogens is 1. The SMILES string of the molecule is COc1cc(C(=O)N2CCN(c3ncccc3C#N)CC2)ccc1OCc1ccccc1Cl. The minimum Gasteiger partial charge on any atom is -0.493 e. The van der Waals surface area contributed by atoms with Gasteiger partial charge in [0.15, 0.2) is 11.5 Å². The van der Waals surface area contributed by atoms with E-state index in [1.807, 2.05) is 29.2 Å². The summed E-state index contributed by atoms with van der Waals surface area (Å²) in [4.78, 5) is 21.3. The fourth-order valence-electron chi connectivity index (χ4n) is 3.73. The molecule has 3 aromatic rings. The predicted molar refractivity (Wildman–Crippen MR) is 126 cm³/mol. The van der Waals surface area contributed by atoms with E-state index in [1.54, 1.807) is 48.5 Å². The molecule has 4 rings (SSSR count). The first-order valence-corrected chi connectivity index (χ1v) is 10.9. The Hall–Kier alpha value is -3.76. The fourth-order valence-corrected chi connectivity index (χ4v) is 3.92. The zero-order valence-corrected chi connectivity index (χ0v) is 19.0. The molecule has 0 radical (unpaired) electrons. The number of nitriles is 1. The summed E-state index contributed by atoms with van der Waals surface area (Å²) < 4.78 is 11.4. The summed E-state index contributed by atoms with van der Waals surface area (Å²) in [6.07, 6.45) is 1.68. The van der Waals surface area contributed by atoms with Crippen LogP contribution in [0, 0.1) is 11.3 Å². The maximum atomic E-state index is 13.1. The van der Waals surface area contributed by atoms with E-state index < -0.39 is 0 Å². The first kappa shape index (κ1) is 22.4.